The van der Waals surface area contributed by atoms with E-state index in [9.17, 15) is 8.78 Å². The summed E-state index contributed by atoms with van der Waals surface area (Å²) in [6.07, 6.45) is 0.727. The minimum Gasteiger partial charge on any atom is -0.388 e. The Balaban J connectivity index is 2.49. The Labute approximate surface area is 111 Å². The number of nitrogens with zero attached hydrogens (tertiary/aromatic N) is 1. The van der Waals surface area contributed by atoms with Gasteiger partial charge in [0.05, 0.1) is 5.52 Å². The van der Waals surface area contributed by atoms with Crippen LogP contribution in [0.5, 0.6) is 0 Å². The van der Waals surface area contributed by atoms with Gasteiger partial charge in [-0.25, -0.2) is 13.8 Å². The molecule has 0 aliphatic carbocycles. The molecule has 0 atom stereocenters. The highest BCUT2D eigenvalue weighted by Gasteiger charge is 2.12. The first kappa shape index (κ1) is 13.7. The lowest BCUT2D eigenvalue weighted by Gasteiger charge is -2.10. The molecule has 0 bridgehead atoms. The number of benzene rings is 1. The maximum Gasteiger partial charge on any atom is 0.280 e. The summed E-state index contributed by atoms with van der Waals surface area (Å²) >= 11 is 0. The number of hydrogen-bond donors (Lipinski definition) is 1. The third kappa shape index (κ3) is 3.00. The SMILES string of the molecule is CCCCc1ccc2nc(C(F)F)cc(NC)c2c1. The molecule has 0 spiro atoms. The number of alkyl halides is 2. The number of fused-ring (bicyclic) bond motifs is 1. The third-order valence-electron chi connectivity index (χ3n) is 3.20. The number of rotatable bonds is 5. The first-order valence-corrected chi connectivity index (χ1v) is 6.55. The smallest absolute Gasteiger partial charge is 0.280 e. The maximum absolute atomic E-state index is 12.8. The molecule has 0 radical (unpaired) electrons. The summed E-state index contributed by atoms with van der Waals surface area (Å²) in [5.41, 5.74) is 2.36. The van der Waals surface area contributed by atoms with Gasteiger partial charge in [0.25, 0.3) is 6.43 Å². The highest BCUT2D eigenvalue weighted by molar-refractivity contribution is 5.92. The standard InChI is InChI=1S/C15H18F2N2/c1-3-4-5-10-6-7-12-11(8-10)13(18-2)9-14(19-12)15(16)17/h6-9,15H,3-5H2,1-2H3,(H,18,19). The van der Waals surface area contributed by atoms with Crippen LogP contribution in [0.15, 0.2) is 24.3 Å². The van der Waals surface area contributed by atoms with Gasteiger partial charge in [-0.2, -0.15) is 0 Å². The lowest BCUT2D eigenvalue weighted by molar-refractivity contribution is 0.146. The van der Waals surface area contributed by atoms with Crippen molar-refractivity contribution in [1.29, 1.82) is 0 Å². The predicted molar refractivity (Wildman–Crippen MR) is 74.9 cm³/mol. The molecule has 2 rings (SSSR count). The fourth-order valence-electron chi connectivity index (χ4n) is 2.15. The van der Waals surface area contributed by atoms with Crippen molar-refractivity contribution in [3.05, 3.63) is 35.5 Å². The van der Waals surface area contributed by atoms with Gasteiger partial charge < -0.3 is 5.32 Å². The molecule has 1 aromatic heterocycles. The third-order valence-corrected chi connectivity index (χ3v) is 3.20. The van der Waals surface area contributed by atoms with Crippen molar-refractivity contribution in [2.45, 2.75) is 32.6 Å². The Bertz CT molecular complexity index is 567. The number of pyridine rings is 1. The molecule has 102 valence electrons. The van der Waals surface area contributed by atoms with Gasteiger partial charge in [-0.1, -0.05) is 19.4 Å². The Hall–Kier alpha value is -1.71. The van der Waals surface area contributed by atoms with Crippen LogP contribution in [0, 0.1) is 0 Å². The molecule has 2 aromatic rings. The van der Waals surface area contributed by atoms with Gasteiger partial charge in [0.2, 0.25) is 0 Å². The van der Waals surface area contributed by atoms with E-state index in [1.807, 2.05) is 18.2 Å². The summed E-state index contributed by atoms with van der Waals surface area (Å²) in [5, 5.41) is 3.88. The molecule has 1 heterocycles. The topological polar surface area (TPSA) is 24.9 Å². The van der Waals surface area contributed by atoms with Crippen molar-refractivity contribution in [3.63, 3.8) is 0 Å². The lowest BCUT2D eigenvalue weighted by atomic mass is 10.0. The van der Waals surface area contributed by atoms with E-state index in [0.717, 1.165) is 24.6 Å². The number of nitrogens with one attached hydrogen (secondary N) is 1. The first-order valence-electron chi connectivity index (χ1n) is 6.55. The van der Waals surface area contributed by atoms with Crippen LogP contribution in [0.25, 0.3) is 10.9 Å². The van der Waals surface area contributed by atoms with Crippen molar-refractivity contribution in [1.82, 2.24) is 4.98 Å². The van der Waals surface area contributed by atoms with E-state index < -0.39 is 6.43 Å². The van der Waals surface area contributed by atoms with Crippen LogP contribution >= 0.6 is 0 Å². The summed E-state index contributed by atoms with van der Waals surface area (Å²) in [4.78, 5) is 4.01. The van der Waals surface area contributed by atoms with Crippen LogP contribution in [0.3, 0.4) is 0 Å². The van der Waals surface area contributed by atoms with Gasteiger partial charge >= 0.3 is 0 Å². The van der Waals surface area contributed by atoms with Crippen LogP contribution in [0.1, 0.15) is 37.4 Å². The zero-order valence-corrected chi connectivity index (χ0v) is 11.2. The lowest BCUT2D eigenvalue weighted by Crippen LogP contribution is -1.98. The van der Waals surface area contributed by atoms with Crippen molar-refractivity contribution in [2.24, 2.45) is 0 Å². The quantitative estimate of drug-likeness (QED) is 0.856. The van der Waals surface area contributed by atoms with E-state index in [-0.39, 0.29) is 5.69 Å². The number of halogens is 2. The van der Waals surface area contributed by atoms with E-state index in [4.69, 9.17) is 0 Å². The van der Waals surface area contributed by atoms with E-state index in [1.54, 1.807) is 7.05 Å². The van der Waals surface area contributed by atoms with Crippen LogP contribution in [-0.4, -0.2) is 12.0 Å². The largest absolute Gasteiger partial charge is 0.388 e. The number of anilines is 1. The van der Waals surface area contributed by atoms with Crippen molar-refractivity contribution in [2.75, 3.05) is 12.4 Å². The minimum atomic E-state index is -2.55. The van der Waals surface area contributed by atoms with Crippen LogP contribution < -0.4 is 5.32 Å². The number of hydrogen-bond acceptors (Lipinski definition) is 2. The summed E-state index contributed by atoms with van der Waals surface area (Å²) in [6.45, 7) is 2.15. The molecule has 0 unspecified atom stereocenters. The van der Waals surface area contributed by atoms with Crippen molar-refractivity contribution >= 4 is 16.6 Å². The average molecular weight is 264 g/mol. The second-order valence-electron chi connectivity index (χ2n) is 4.60. The fourth-order valence-corrected chi connectivity index (χ4v) is 2.15. The summed E-state index contributed by atoms with van der Waals surface area (Å²) in [7, 11) is 1.74. The molecule has 0 amide bonds. The molecule has 0 saturated heterocycles. The molecule has 4 heteroatoms. The van der Waals surface area contributed by atoms with Crippen molar-refractivity contribution in [3.8, 4) is 0 Å². The molecular formula is C15H18F2N2. The monoisotopic (exact) mass is 264 g/mol. The molecule has 0 saturated carbocycles. The number of aromatic nitrogens is 1. The van der Waals surface area contributed by atoms with Crippen LogP contribution in [0.2, 0.25) is 0 Å². The second kappa shape index (κ2) is 5.95. The van der Waals surface area contributed by atoms with E-state index >= 15 is 0 Å². The van der Waals surface area contributed by atoms with Crippen molar-refractivity contribution < 1.29 is 8.78 Å². The van der Waals surface area contributed by atoms with Crippen LogP contribution in [0.4, 0.5) is 14.5 Å². The second-order valence-corrected chi connectivity index (χ2v) is 4.60. The van der Waals surface area contributed by atoms with E-state index in [2.05, 4.69) is 17.2 Å². The molecule has 1 N–H and O–H groups in total. The summed E-state index contributed by atoms with van der Waals surface area (Å²) < 4.78 is 25.5. The zero-order chi connectivity index (χ0) is 13.8. The van der Waals surface area contributed by atoms with Crippen LogP contribution in [-0.2, 0) is 6.42 Å². The van der Waals surface area contributed by atoms with E-state index in [1.165, 1.54) is 11.6 Å². The number of aryl methyl sites for hydroxylation is 1. The van der Waals surface area contributed by atoms with Gasteiger partial charge in [0, 0.05) is 18.1 Å². The Kier molecular flexibility index (Phi) is 4.30. The molecule has 0 aliphatic heterocycles. The van der Waals surface area contributed by atoms with E-state index in [0.29, 0.717) is 11.2 Å². The molecule has 1 aromatic carbocycles. The predicted octanol–water partition coefficient (Wildman–Crippen LogP) is 4.56. The summed E-state index contributed by atoms with van der Waals surface area (Å²) in [5.74, 6) is 0. The van der Waals surface area contributed by atoms with Gasteiger partial charge in [0.1, 0.15) is 5.69 Å². The number of unbranched alkanes of at least 4 members (excludes halogenated alkanes) is 1. The molecule has 0 aliphatic rings. The highest BCUT2D eigenvalue weighted by Crippen LogP contribution is 2.28. The Morgan fingerprint density at radius 1 is 1.26 bits per heavy atom. The first-order chi connectivity index (χ1) is 9.15. The Morgan fingerprint density at radius 3 is 2.68 bits per heavy atom. The average Bonchev–Trinajstić information content (AvgIpc) is 2.43. The molecular weight excluding hydrogens is 246 g/mol. The van der Waals surface area contributed by atoms with Gasteiger partial charge in [-0.15, -0.1) is 0 Å². The highest BCUT2D eigenvalue weighted by atomic mass is 19.3. The Morgan fingerprint density at radius 2 is 2.05 bits per heavy atom. The zero-order valence-electron chi connectivity index (χ0n) is 11.2. The molecule has 2 nitrogen and oxygen atoms in total. The summed E-state index contributed by atoms with van der Waals surface area (Å²) in [6, 6.07) is 7.27. The van der Waals surface area contributed by atoms with Gasteiger partial charge in [-0.05, 0) is 36.6 Å². The minimum absolute atomic E-state index is 0.182. The molecule has 0 fully saturated rings. The van der Waals surface area contributed by atoms with Gasteiger partial charge in [0.15, 0.2) is 0 Å². The normalized spacial score (nSPS) is 11.2. The fraction of sp³-hybridized carbons (Fsp3) is 0.400. The maximum atomic E-state index is 12.8. The van der Waals surface area contributed by atoms with Gasteiger partial charge in [-0.3, -0.25) is 0 Å². The molecule has 19 heavy (non-hydrogen) atoms.